The van der Waals surface area contributed by atoms with Crippen LogP contribution in [0.15, 0.2) is 35.5 Å². The van der Waals surface area contributed by atoms with Gasteiger partial charge in [-0.15, -0.1) is 0 Å². The molecule has 1 aromatic carbocycles. The predicted octanol–water partition coefficient (Wildman–Crippen LogP) is 2.44. The van der Waals surface area contributed by atoms with E-state index in [1.807, 2.05) is 0 Å². The number of aliphatic hydroxyl groups excluding tert-OH is 1. The highest BCUT2D eigenvalue weighted by molar-refractivity contribution is 7.91. The molecule has 12 heteroatoms. The molecule has 3 aromatic rings. The second kappa shape index (κ2) is 12.4. The maximum Gasteiger partial charge on any atom is 0.245 e. The molecule has 1 aliphatic carbocycles. The van der Waals surface area contributed by atoms with E-state index in [1.54, 1.807) is 30.6 Å². The Hall–Kier alpha value is -2.80. The lowest BCUT2D eigenvalue weighted by molar-refractivity contribution is 0.116. The molecule has 0 bridgehead atoms. The molecule has 0 radical (unpaired) electrons. The van der Waals surface area contributed by atoms with Gasteiger partial charge in [-0.05, 0) is 43.0 Å². The number of aliphatic hydroxyl groups is 1. The highest BCUT2D eigenvalue weighted by Crippen LogP contribution is 2.27. The van der Waals surface area contributed by atoms with Gasteiger partial charge in [0.05, 0.1) is 30.2 Å². The second-order valence-corrected chi connectivity index (χ2v) is 12.3. The molecule has 1 saturated heterocycles. The maximum atomic E-state index is 12.9. The van der Waals surface area contributed by atoms with E-state index in [0.717, 1.165) is 26.2 Å². The van der Waals surface area contributed by atoms with Crippen molar-refractivity contribution in [2.45, 2.75) is 37.0 Å². The number of aromatic amines is 1. The Morgan fingerprint density at radius 1 is 1.00 bits per heavy atom. The highest BCUT2D eigenvalue weighted by atomic mass is 32.2. The van der Waals surface area contributed by atoms with Gasteiger partial charge in [-0.3, -0.25) is 9.80 Å². The Morgan fingerprint density at radius 3 is 2.42 bits per heavy atom. The van der Waals surface area contributed by atoms with Crippen LogP contribution in [0.1, 0.15) is 32.1 Å². The fraction of sp³-hybridized carbons (Fsp3) is 0.577. The summed E-state index contributed by atoms with van der Waals surface area (Å²) in [5.74, 6) is 1.43. The minimum atomic E-state index is -3.41. The minimum absolute atomic E-state index is 0.0698. The van der Waals surface area contributed by atoms with Crippen molar-refractivity contribution in [3.05, 3.63) is 30.6 Å². The molecule has 1 saturated carbocycles. The zero-order valence-electron chi connectivity index (χ0n) is 21.7. The smallest absolute Gasteiger partial charge is 0.245 e. The van der Waals surface area contributed by atoms with Crippen molar-refractivity contribution in [3.63, 3.8) is 0 Å². The van der Waals surface area contributed by atoms with Crippen LogP contribution in [0.3, 0.4) is 0 Å². The van der Waals surface area contributed by atoms with Gasteiger partial charge in [0.1, 0.15) is 5.52 Å². The molecule has 0 unspecified atom stereocenters. The van der Waals surface area contributed by atoms with Crippen LogP contribution in [-0.4, -0.2) is 101 Å². The molecule has 1 aliphatic heterocycles. The van der Waals surface area contributed by atoms with E-state index >= 15 is 0 Å². The minimum Gasteiger partial charge on any atom is -0.476 e. The normalized spacial score (nSPS) is 18.1. The van der Waals surface area contributed by atoms with E-state index in [0.29, 0.717) is 59.2 Å². The van der Waals surface area contributed by atoms with Gasteiger partial charge in [-0.1, -0.05) is 19.3 Å². The lowest BCUT2D eigenvalue weighted by Gasteiger charge is -2.34. The molecule has 5 rings (SSSR count). The summed E-state index contributed by atoms with van der Waals surface area (Å²) in [6, 6.07) is 6.68. The van der Waals surface area contributed by atoms with Gasteiger partial charge in [0.25, 0.3) is 0 Å². The number of nitrogens with one attached hydrogen (secondary N) is 2. The molecule has 2 aliphatic rings. The quantitative estimate of drug-likeness (QED) is 0.331. The summed E-state index contributed by atoms with van der Waals surface area (Å²) in [7, 11) is -3.41. The predicted molar refractivity (Wildman–Crippen MR) is 145 cm³/mol. The zero-order chi connectivity index (χ0) is 26.4. The fourth-order valence-corrected chi connectivity index (χ4v) is 6.42. The van der Waals surface area contributed by atoms with E-state index in [4.69, 9.17) is 9.84 Å². The fourth-order valence-electron chi connectivity index (χ4n) is 5.14. The number of fused-ring (bicyclic) bond motifs is 1. The molecule has 3 N–H and O–H groups in total. The average molecular weight is 544 g/mol. The number of H-pyrrole nitrogens is 1. The highest BCUT2D eigenvalue weighted by Gasteiger charge is 2.21. The number of sulfone groups is 1. The standard InChI is InChI=1S/C26H37N7O4S/c34-16-14-32-10-12-33(13-11-32)15-17-38(35,36)22-8-6-21(7-9-22)29-26-30-24-23(27-19-28-24)25(31-26)37-18-20-4-2-1-3-5-20/h6-9,19-20,34H,1-5,10-18H2,(H2,27,28,29,30,31). The lowest BCUT2D eigenvalue weighted by Crippen LogP contribution is -2.48. The topological polar surface area (TPSA) is 137 Å². The zero-order valence-corrected chi connectivity index (χ0v) is 22.5. The van der Waals surface area contributed by atoms with Crippen LogP contribution in [0.4, 0.5) is 11.6 Å². The van der Waals surface area contributed by atoms with Gasteiger partial charge >= 0.3 is 0 Å². The van der Waals surface area contributed by atoms with Gasteiger partial charge < -0.3 is 20.1 Å². The first-order valence-corrected chi connectivity index (χ1v) is 15.1. The Bertz CT molecular complexity index is 1280. The first-order chi connectivity index (χ1) is 18.5. The molecule has 0 amide bonds. The van der Waals surface area contributed by atoms with Crippen LogP contribution in [0.5, 0.6) is 5.88 Å². The number of piperazine rings is 1. The van der Waals surface area contributed by atoms with Gasteiger partial charge in [0.15, 0.2) is 15.5 Å². The Balaban J connectivity index is 1.19. The number of β-amino-alcohol motifs (C(OH)–C–C–N with tert-alkyl or cyclic N) is 1. The molecular formula is C26H37N7O4S. The number of rotatable bonds is 11. The van der Waals surface area contributed by atoms with E-state index in [9.17, 15) is 8.42 Å². The number of ether oxygens (including phenoxy) is 1. The van der Waals surface area contributed by atoms with Crippen molar-refractivity contribution in [2.75, 3.05) is 63.6 Å². The average Bonchev–Trinajstić information content (AvgIpc) is 3.41. The molecule has 2 aromatic heterocycles. The number of aromatic nitrogens is 4. The van der Waals surface area contributed by atoms with Crippen LogP contribution < -0.4 is 10.1 Å². The van der Waals surface area contributed by atoms with Crippen molar-refractivity contribution in [1.82, 2.24) is 29.7 Å². The van der Waals surface area contributed by atoms with Gasteiger partial charge in [-0.2, -0.15) is 9.97 Å². The first kappa shape index (κ1) is 26.8. The third kappa shape index (κ3) is 6.79. The monoisotopic (exact) mass is 543 g/mol. The number of nitrogens with zero attached hydrogens (tertiary/aromatic N) is 5. The van der Waals surface area contributed by atoms with Gasteiger partial charge in [0.2, 0.25) is 11.8 Å². The van der Waals surface area contributed by atoms with Crippen LogP contribution >= 0.6 is 0 Å². The number of hydrogen-bond acceptors (Lipinski definition) is 10. The van der Waals surface area contributed by atoms with E-state index in [1.165, 1.54) is 32.1 Å². The number of hydrogen-bond donors (Lipinski definition) is 3. The molecule has 11 nitrogen and oxygen atoms in total. The van der Waals surface area contributed by atoms with Crippen LogP contribution in [0, 0.1) is 5.92 Å². The summed E-state index contributed by atoms with van der Waals surface area (Å²) in [4.78, 5) is 21.0. The summed E-state index contributed by atoms with van der Waals surface area (Å²) in [6.45, 7) is 5.25. The van der Waals surface area contributed by atoms with Crippen molar-refractivity contribution < 1.29 is 18.3 Å². The van der Waals surface area contributed by atoms with Gasteiger partial charge in [0, 0.05) is 45.0 Å². The molecule has 0 atom stereocenters. The van der Waals surface area contributed by atoms with Crippen molar-refractivity contribution in [2.24, 2.45) is 5.92 Å². The number of imidazole rings is 1. The van der Waals surface area contributed by atoms with E-state index in [2.05, 4.69) is 35.1 Å². The molecule has 206 valence electrons. The largest absolute Gasteiger partial charge is 0.476 e. The number of anilines is 2. The maximum absolute atomic E-state index is 12.9. The second-order valence-electron chi connectivity index (χ2n) is 10.1. The Kier molecular flexibility index (Phi) is 8.72. The van der Waals surface area contributed by atoms with E-state index in [-0.39, 0.29) is 12.4 Å². The molecule has 2 fully saturated rings. The Labute approximate surface area is 223 Å². The molecule has 3 heterocycles. The first-order valence-electron chi connectivity index (χ1n) is 13.5. The van der Waals surface area contributed by atoms with Crippen molar-refractivity contribution >= 4 is 32.6 Å². The van der Waals surface area contributed by atoms with Crippen molar-refractivity contribution in [1.29, 1.82) is 0 Å². The summed E-state index contributed by atoms with van der Waals surface area (Å²) >= 11 is 0. The van der Waals surface area contributed by atoms with Crippen LogP contribution in [-0.2, 0) is 9.84 Å². The molecule has 38 heavy (non-hydrogen) atoms. The Morgan fingerprint density at radius 2 is 1.71 bits per heavy atom. The molecule has 0 spiro atoms. The van der Waals surface area contributed by atoms with E-state index < -0.39 is 9.84 Å². The van der Waals surface area contributed by atoms with Crippen LogP contribution in [0.25, 0.3) is 11.2 Å². The third-order valence-corrected chi connectivity index (χ3v) is 9.17. The van der Waals surface area contributed by atoms with Crippen LogP contribution in [0.2, 0.25) is 0 Å². The number of benzene rings is 1. The third-order valence-electron chi connectivity index (χ3n) is 7.46. The molecular weight excluding hydrogens is 506 g/mol. The summed E-state index contributed by atoms with van der Waals surface area (Å²) in [6.07, 6.45) is 7.73. The summed E-state index contributed by atoms with van der Waals surface area (Å²) < 4.78 is 32.0. The summed E-state index contributed by atoms with van der Waals surface area (Å²) in [5, 5.41) is 12.2. The van der Waals surface area contributed by atoms with Gasteiger partial charge in [-0.25, -0.2) is 13.4 Å². The SMILES string of the molecule is O=S(=O)(CCN1CCN(CCO)CC1)c1ccc(Nc2nc(OCC3CCCCC3)c3[nH]cnc3n2)cc1. The lowest BCUT2D eigenvalue weighted by atomic mass is 9.90. The van der Waals surface area contributed by atoms with Crippen molar-refractivity contribution in [3.8, 4) is 5.88 Å². The summed E-state index contributed by atoms with van der Waals surface area (Å²) in [5.41, 5.74) is 1.86.